The molecule has 0 aliphatic rings. The van der Waals surface area contributed by atoms with Crippen molar-refractivity contribution in [2.24, 2.45) is 5.14 Å². The molecular weight excluding hydrogens is 282 g/mol. The third kappa shape index (κ3) is 3.94. The van der Waals surface area contributed by atoms with E-state index < -0.39 is 15.9 Å². The van der Waals surface area contributed by atoms with Crippen LogP contribution in [0.15, 0.2) is 17.0 Å². The number of carbonyl (C=O) groups is 1. The summed E-state index contributed by atoms with van der Waals surface area (Å²) in [5, 5.41) is 15.7. The van der Waals surface area contributed by atoms with Gasteiger partial charge in [0, 0.05) is 0 Å². The van der Waals surface area contributed by atoms with Gasteiger partial charge in [0.2, 0.25) is 10.0 Å². The summed E-state index contributed by atoms with van der Waals surface area (Å²) >= 11 is 0. The highest BCUT2D eigenvalue weighted by Gasteiger charge is 2.16. The molecule has 0 unspecified atom stereocenters. The first-order valence-electron chi connectivity index (χ1n) is 5.67. The maximum Gasteiger partial charge on any atom is 0.258 e. The first-order valence-corrected chi connectivity index (χ1v) is 7.21. The lowest BCUT2D eigenvalue weighted by Crippen LogP contribution is -2.29. The Bertz CT molecular complexity index is 662. The Kier molecular flexibility index (Phi) is 5.07. The van der Waals surface area contributed by atoms with Crippen LogP contribution in [0.4, 0.5) is 0 Å². The van der Waals surface area contributed by atoms with Gasteiger partial charge in [-0.25, -0.2) is 13.6 Å². The van der Waals surface area contributed by atoms with Gasteiger partial charge in [-0.05, 0) is 37.1 Å². The molecule has 0 bridgehead atoms. The van der Waals surface area contributed by atoms with Crippen LogP contribution in [0.3, 0.4) is 0 Å². The second kappa shape index (κ2) is 6.36. The number of hydrogen-bond donors (Lipinski definition) is 2. The summed E-state index contributed by atoms with van der Waals surface area (Å²) in [6.45, 7) is 2.94. The zero-order valence-electron chi connectivity index (χ0n) is 11.1. The zero-order chi connectivity index (χ0) is 15.3. The highest BCUT2D eigenvalue weighted by Crippen LogP contribution is 2.26. The minimum Gasteiger partial charge on any atom is -0.483 e. The number of ether oxygens (including phenoxy) is 1. The Morgan fingerprint density at radius 2 is 2.05 bits per heavy atom. The lowest BCUT2D eigenvalue weighted by Gasteiger charge is -2.13. The Balaban J connectivity index is 2.87. The molecule has 0 radical (unpaired) electrons. The van der Waals surface area contributed by atoms with E-state index in [1.54, 1.807) is 19.9 Å². The molecule has 8 heteroatoms. The van der Waals surface area contributed by atoms with E-state index in [0.29, 0.717) is 16.9 Å². The molecule has 0 saturated carbocycles. The fourth-order valence-corrected chi connectivity index (χ4v) is 2.41. The molecular formula is C12H15N3O4S. The number of nitrogens with two attached hydrogens (primary N) is 1. The van der Waals surface area contributed by atoms with Gasteiger partial charge in [-0.1, -0.05) is 0 Å². The highest BCUT2D eigenvalue weighted by molar-refractivity contribution is 7.89. The minimum absolute atomic E-state index is 0.0243. The number of carbonyl (C=O) groups excluding carboxylic acids is 1. The summed E-state index contributed by atoms with van der Waals surface area (Å²) in [6.07, 6.45) is 0. The van der Waals surface area contributed by atoms with Crippen molar-refractivity contribution in [2.45, 2.75) is 18.7 Å². The van der Waals surface area contributed by atoms with Crippen molar-refractivity contribution in [3.8, 4) is 11.8 Å². The number of hydrogen-bond acceptors (Lipinski definition) is 5. The molecule has 3 N–H and O–H groups in total. The quantitative estimate of drug-likeness (QED) is 0.739. The van der Waals surface area contributed by atoms with Crippen molar-refractivity contribution in [2.75, 3.05) is 13.2 Å². The van der Waals surface area contributed by atoms with Gasteiger partial charge in [-0.3, -0.25) is 4.79 Å². The summed E-state index contributed by atoms with van der Waals surface area (Å²) in [5.74, 6) is -0.0406. The third-order valence-corrected chi connectivity index (χ3v) is 3.77. The molecule has 0 spiro atoms. The third-order valence-electron chi connectivity index (χ3n) is 2.72. The molecule has 1 aromatic rings. The van der Waals surface area contributed by atoms with E-state index in [0.717, 1.165) is 0 Å². The molecule has 0 atom stereocenters. The van der Waals surface area contributed by atoms with Gasteiger partial charge in [0.05, 0.1) is 11.0 Å². The second-order valence-corrected chi connectivity index (χ2v) is 5.61. The van der Waals surface area contributed by atoms with Gasteiger partial charge in [0.1, 0.15) is 12.3 Å². The maximum absolute atomic E-state index is 11.3. The number of nitrogens with zero attached hydrogens (tertiary/aromatic N) is 1. The standard InChI is InChI=1S/C12H15N3O4S/c1-8-9(2)11(20(14,17)18)4-3-10(8)19-7-12(16)15-6-5-13/h3-4H,6-7H2,1-2H3,(H,15,16)(H2,14,17,18). The summed E-state index contributed by atoms with van der Waals surface area (Å²) < 4.78 is 28.0. The Labute approximate surface area is 117 Å². The molecule has 0 heterocycles. The smallest absolute Gasteiger partial charge is 0.258 e. The summed E-state index contributed by atoms with van der Waals surface area (Å²) in [4.78, 5) is 11.3. The normalized spacial score (nSPS) is 10.7. The number of amides is 1. The van der Waals surface area contributed by atoms with Gasteiger partial charge in [-0.15, -0.1) is 0 Å². The van der Waals surface area contributed by atoms with Crippen LogP contribution >= 0.6 is 0 Å². The predicted molar refractivity (Wildman–Crippen MR) is 71.4 cm³/mol. The Hall–Kier alpha value is -2.11. The molecule has 0 aliphatic carbocycles. The van der Waals surface area contributed by atoms with E-state index in [9.17, 15) is 13.2 Å². The van der Waals surface area contributed by atoms with E-state index in [2.05, 4.69) is 5.32 Å². The molecule has 1 rings (SSSR count). The van der Waals surface area contributed by atoms with Crippen LogP contribution in [-0.2, 0) is 14.8 Å². The lowest BCUT2D eigenvalue weighted by atomic mass is 10.1. The largest absolute Gasteiger partial charge is 0.483 e. The van der Waals surface area contributed by atoms with Crippen molar-refractivity contribution >= 4 is 15.9 Å². The number of sulfonamides is 1. The monoisotopic (exact) mass is 297 g/mol. The van der Waals surface area contributed by atoms with E-state index >= 15 is 0 Å². The Morgan fingerprint density at radius 1 is 1.40 bits per heavy atom. The number of nitrogens with one attached hydrogen (secondary N) is 1. The topological polar surface area (TPSA) is 122 Å². The van der Waals surface area contributed by atoms with E-state index in [-0.39, 0.29) is 18.0 Å². The molecule has 108 valence electrons. The van der Waals surface area contributed by atoms with Crippen molar-refractivity contribution < 1.29 is 17.9 Å². The van der Waals surface area contributed by atoms with Crippen molar-refractivity contribution in [1.29, 1.82) is 5.26 Å². The molecule has 0 fully saturated rings. The van der Waals surface area contributed by atoms with Gasteiger partial charge in [0.25, 0.3) is 5.91 Å². The molecule has 1 aromatic carbocycles. The van der Waals surface area contributed by atoms with Crippen LogP contribution in [0.2, 0.25) is 0 Å². The maximum atomic E-state index is 11.3. The molecule has 0 aliphatic heterocycles. The van der Waals surface area contributed by atoms with Crippen molar-refractivity contribution in [1.82, 2.24) is 5.32 Å². The van der Waals surface area contributed by atoms with Crippen molar-refractivity contribution in [3.63, 3.8) is 0 Å². The molecule has 0 aromatic heterocycles. The number of nitriles is 1. The fourth-order valence-electron chi connectivity index (χ4n) is 1.57. The van der Waals surface area contributed by atoms with Crippen LogP contribution in [0.25, 0.3) is 0 Å². The zero-order valence-corrected chi connectivity index (χ0v) is 12.0. The van der Waals surface area contributed by atoms with E-state index in [1.807, 2.05) is 0 Å². The van der Waals surface area contributed by atoms with Gasteiger partial charge in [0.15, 0.2) is 6.61 Å². The van der Waals surface area contributed by atoms with Gasteiger partial charge >= 0.3 is 0 Å². The molecule has 7 nitrogen and oxygen atoms in total. The SMILES string of the molecule is Cc1c(OCC(=O)NCC#N)ccc(S(N)(=O)=O)c1C. The van der Waals surface area contributed by atoms with E-state index in [4.69, 9.17) is 15.1 Å². The molecule has 0 saturated heterocycles. The minimum atomic E-state index is -3.79. The highest BCUT2D eigenvalue weighted by atomic mass is 32.2. The second-order valence-electron chi connectivity index (χ2n) is 4.08. The molecule has 1 amide bonds. The average molecular weight is 297 g/mol. The summed E-state index contributed by atoms with van der Waals surface area (Å²) in [6, 6.07) is 4.55. The summed E-state index contributed by atoms with van der Waals surface area (Å²) in [5.41, 5.74) is 1.06. The van der Waals surface area contributed by atoms with Crippen LogP contribution in [0.1, 0.15) is 11.1 Å². The van der Waals surface area contributed by atoms with Crippen LogP contribution in [0.5, 0.6) is 5.75 Å². The first kappa shape index (κ1) is 15.9. The Morgan fingerprint density at radius 3 is 2.60 bits per heavy atom. The fraction of sp³-hybridized carbons (Fsp3) is 0.333. The lowest BCUT2D eigenvalue weighted by molar-refractivity contribution is -0.122. The predicted octanol–water partition coefficient (Wildman–Crippen LogP) is -0.0306. The molecule has 20 heavy (non-hydrogen) atoms. The van der Waals surface area contributed by atoms with Gasteiger partial charge < -0.3 is 10.1 Å². The van der Waals surface area contributed by atoms with Crippen LogP contribution < -0.4 is 15.2 Å². The average Bonchev–Trinajstić information content (AvgIpc) is 2.36. The van der Waals surface area contributed by atoms with E-state index in [1.165, 1.54) is 12.1 Å². The number of primary sulfonamides is 1. The van der Waals surface area contributed by atoms with Crippen LogP contribution in [-0.4, -0.2) is 27.5 Å². The number of benzene rings is 1. The summed E-state index contributed by atoms with van der Waals surface area (Å²) in [7, 11) is -3.79. The van der Waals surface area contributed by atoms with Crippen molar-refractivity contribution in [3.05, 3.63) is 23.3 Å². The number of rotatable bonds is 5. The van der Waals surface area contributed by atoms with Gasteiger partial charge in [-0.2, -0.15) is 5.26 Å². The first-order chi connectivity index (χ1) is 9.27. The van der Waals surface area contributed by atoms with Crippen LogP contribution in [0, 0.1) is 25.2 Å².